The van der Waals surface area contributed by atoms with Crippen molar-refractivity contribution in [1.29, 1.82) is 0 Å². The Balaban J connectivity index is 2.04. The molecule has 27 heavy (non-hydrogen) atoms. The molecule has 0 N–H and O–H groups in total. The predicted octanol–water partition coefficient (Wildman–Crippen LogP) is 5.34. The Morgan fingerprint density at radius 1 is 0.852 bits per heavy atom. The van der Waals surface area contributed by atoms with Gasteiger partial charge in [0.05, 0.1) is 22.1 Å². The van der Waals surface area contributed by atoms with Crippen molar-refractivity contribution in [3.8, 4) is 11.5 Å². The van der Waals surface area contributed by atoms with E-state index in [2.05, 4.69) is 0 Å². The van der Waals surface area contributed by atoms with Crippen LogP contribution in [0.15, 0.2) is 36.4 Å². The fraction of sp³-hybridized carbons (Fsp3) is 0.294. The average molecular weight is 598 g/mol. The van der Waals surface area contributed by atoms with Crippen molar-refractivity contribution >= 4 is 56.6 Å². The van der Waals surface area contributed by atoms with Crippen LogP contribution in [-0.4, -0.2) is 22.1 Å². The minimum Gasteiger partial charge on any atom is -0.489 e. The number of nitro groups is 2. The van der Waals surface area contributed by atoms with Gasteiger partial charge in [-0.25, -0.2) is 0 Å². The molecule has 2 atom stereocenters. The molecule has 8 nitrogen and oxygen atoms in total. The lowest BCUT2D eigenvalue weighted by molar-refractivity contribution is -0.386. The molecule has 0 aromatic heterocycles. The quantitative estimate of drug-likeness (QED) is 0.231. The van der Waals surface area contributed by atoms with Crippen molar-refractivity contribution in [2.75, 3.05) is 0 Å². The number of nitro benzene ring substituents is 2. The third-order valence-electron chi connectivity index (χ3n) is 3.60. The molecular formula is C17H16I2N2O6. The van der Waals surface area contributed by atoms with E-state index in [4.69, 9.17) is 9.47 Å². The van der Waals surface area contributed by atoms with Crippen LogP contribution in [-0.2, 0) is 0 Å². The Morgan fingerprint density at radius 2 is 1.22 bits per heavy atom. The number of hydrogen-bond donors (Lipinski definition) is 0. The average Bonchev–Trinajstić information content (AvgIpc) is 2.58. The van der Waals surface area contributed by atoms with Gasteiger partial charge in [-0.1, -0.05) is 12.1 Å². The Kier molecular flexibility index (Phi) is 7.59. The van der Waals surface area contributed by atoms with Gasteiger partial charge in [0.1, 0.15) is 18.6 Å². The molecular weight excluding hydrogens is 582 g/mol. The number of halogens is 2. The largest absolute Gasteiger partial charge is 0.489 e. The standard InChI is InChI=1S/C17H16I2N2O6/c1-10(26-14-7-3-5-12(16(14)18)20(22)23)9-11(2)27-15-8-4-6-13(17(15)19)21(24)25/h3-8,10-11H,9H2,1-2H3/t10-,11-/m1/s1. The second-order valence-corrected chi connectivity index (χ2v) is 7.94. The summed E-state index contributed by atoms with van der Waals surface area (Å²) in [6.45, 7) is 3.68. The summed E-state index contributed by atoms with van der Waals surface area (Å²) in [5.74, 6) is 0.879. The zero-order valence-corrected chi connectivity index (χ0v) is 18.7. The van der Waals surface area contributed by atoms with Crippen molar-refractivity contribution in [3.63, 3.8) is 0 Å². The molecule has 0 aliphatic heterocycles. The summed E-state index contributed by atoms with van der Waals surface area (Å²) >= 11 is 3.79. The molecule has 0 amide bonds. The molecule has 0 bridgehead atoms. The van der Waals surface area contributed by atoms with Gasteiger partial charge in [0, 0.05) is 18.6 Å². The molecule has 10 heteroatoms. The molecule has 144 valence electrons. The van der Waals surface area contributed by atoms with Crippen LogP contribution in [0.2, 0.25) is 0 Å². The number of nitrogens with zero attached hydrogens (tertiary/aromatic N) is 2. The second-order valence-electron chi connectivity index (χ2n) is 5.79. The van der Waals surface area contributed by atoms with E-state index in [9.17, 15) is 20.2 Å². The first-order chi connectivity index (χ1) is 12.7. The van der Waals surface area contributed by atoms with Crippen molar-refractivity contribution in [2.24, 2.45) is 0 Å². The highest BCUT2D eigenvalue weighted by Crippen LogP contribution is 2.32. The summed E-state index contributed by atoms with van der Waals surface area (Å²) in [5, 5.41) is 22.0. The molecule has 0 spiro atoms. The van der Waals surface area contributed by atoms with Crippen molar-refractivity contribution in [3.05, 3.63) is 63.8 Å². The Morgan fingerprint density at radius 3 is 1.56 bits per heavy atom. The highest BCUT2D eigenvalue weighted by Gasteiger charge is 2.21. The fourth-order valence-electron chi connectivity index (χ4n) is 2.46. The van der Waals surface area contributed by atoms with Gasteiger partial charge < -0.3 is 9.47 Å². The lowest BCUT2D eigenvalue weighted by Gasteiger charge is -2.21. The van der Waals surface area contributed by atoms with Gasteiger partial charge in [-0.3, -0.25) is 20.2 Å². The summed E-state index contributed by atoms with van der Waals surface area (Å²) < 4.78 is 12.5. The number of ether oxygens (including phenoxy) is 2. The van der Waals surface area contributed by atoms with E-state index >= 15 is 0 Å². The monoisotopic (exact) mass is 598 g/mol. The highest BCUT2D eigenvalue weighted by molar-refractivity contribution is 14.1. The molecule has 0 heterocycles. The van der Waals surface area contributed by atoms with Crippen LogP contribution in [0.25, 0.3) is 0 Å². The summed E-state index contributed by atoms with van der Waals surface area (Å²) in [6.07, 6.45) is -0.0453. The SMILES string of the molecule is C[C@H](C[C@@H](C)Oc1cccc([N+](=O)[O-])c1I)Oc1cccc([N+](=O)[O-])c1I. The van der Waals surface area contributed by atoms with E-state index in [1.165, 1.54) is 12.1 Å². The van der Waals surface area contributed by atoms with E-state index < -0.39 is 9.85 Å². The van der Waals surface area contributed by atoms with E-state index in [1.807, 2.05) is 59.0 Å². The van der Waals surface area contributed by atoms with Crippen LogP contribution in [0.5, 0.6) is 11.5 Å². The summed E-state index contributed by atoms with van der Waals surface area (Å²) in [6, 6.07) is 9.37. The minimum absolute atomic E-state index is 0.00394. The molecule has 0 fully saturated rings. The van der Waals surface area contributed by atoms with Crippen LogP contribution in [0, 0.1) is 27.4 Å². The van der Waals surface area contributed by atoms with E-state index in [1.54, 1.807) is 24.3 Å². The van der Waals surface area contributed by atoms with Crippen molar-refractivity contribution in [2.45, 2.75) is 32.5 Å². The summed E-state index contributed by atoms with van der Waals surface area (Å²) in [7, 11) is 0. The Bertz CT molecular complexity index is 792. The van der Waals surface area contributed by atoms with Gasteiger partial charge in [-0.2, -0.15) is 0 Å². The van der Waals surface area contributed by atoms with Crippen LogP contribution in [0.3, 0.4) is 0 Å². The first kappa shape index (κ1) is 21.6. The molecule has 0 unspecified atom stereocenters. The van der Waals surface area contributed by atoms with Gasteiger partial charge in [0.25, 0.3) is 11.4 Å². The zero-order chi connectivity index (χ0) is 20.1. The van der Waals surface area contributed by atoms with E-state index in [0.29, 0.717) is 25.1 Å². The minimum atomic E-state index is -0.449. The molecule has 2 rings (SSSR count). The molecule has 2 aromatic rings. The van der Waals surface area contributed by atoms with Crippen LogP contribution in [0.4, 0.5) is 11.4 Å². The van der Waals surface area contributed by atoms with Gasteiger partial charge in [-0.15, -0.1) is 0 Å². The molecule has 0 saturated heterocycles. The van der Waals surface area contributed by atoms with Crippen LogP contribution >= 0.6 is 45.2 Å². The third kappa shape index (κ3) is 5.64. The van der Waals surface area contributed by atoms with E-state index in [0.717, 1.165) is 0 Å². The summed E-state index contributed by atoms with van der Waals surface area (Å²) in [4.78, 5) is 21.2. The smallest absolute Gasteiger partial charge is 0.286 e. The second kappa shape index (κ2) is 9.48. The molecule has 0 saturated carbocycles. The molecule has 0 aliphatic rings. The molecule has 0 aliphatic carbocycles. The topological polar surface area (TPSA) is 105 Å². The fourth-order valence-corrected chi connectivity index (χ4v) is 3.83. The Labute approximate surface area is 182 Å². The maximum absolute atomic E-state index is 11.0. The number of hydrogen-bond acceptors (Lipinski definition) is 6. The zero-order valence-electron chi connectivity index (χ0n) is 14.4. The number of benzene rings is 2. The lowest BCUT2D eigenvalue weighted by atomic mass is 10.2. The van der Waals surface area contributed by atoms with Crippen molar-refractivity contribution < 1.29 is 19.3 Å². The number of rotatable bonds is 8. The van der Waals surface area contributed by atoms with E-state index in [-0.39, 0.29) is 23.6 Å². The molecule has 2 aromatic carbocycles. The third-order valence-corrected chi connectivity index (χ3v) is 5.77. The van der Waals surface area contributed by atoms with Gasteiger partial charge in [0.15, 0.2) is 0 Å². The first-order valence-corrected chi connectivity index (χ1v) is 10.1. The van der Waals surface area contributed by atoms with Crippen LogP contribution < -0.4 is 9.47 Å². The highest BCUT2D eigenvalue weighted by atomic mass is 127. The van der Waals surface area contributed by atoms with Gasteiger partial charge in [0.2, 0.25) is 0 Å². The maximum Gasteiger partial charge on any atom is 0.286 e. The normalized spacial score (nSPS) is 12.9. The Hall–Kier alpha value is -1.70. The van der Waals surface area contributed by atoms with Crippen molar-refractivity contribution in [1.82, 2.24) is 0 Å². The molecule has 0 radical (unpaired) electrons. The van der Waals surface area contributed by atoms with Crippen LogP contribution in [0.1, 0.15) is 20.3 Å². The lowest BCUT2D eigenvalue weighted by Crippen LogP contribution is -2.23. The maximum atomic E-state index is 11.0. The van der Waals surface area contributed by atoms with Gasteiger partial charge >= 0.3 is 0 Å². The van der Waals surface area contributed by atoms with Gasteiger partial charge in [-0.05, 0) is 71.2 Å². The first-order valence-electron chi connectivity index (χ1n) is 7.89. The predicted molar refractivity (Wildman–Crippen MR) is 116 cm³/mol. The summed E-state index contributed by atoms with van der Waals surface area (Å²) in [5.41, 5.74) is -0.00788.